The zero-order valence-electron chi connectivity index (χ0n) is 16.0. The topological polar surface area (TPSA) is 84.9 Å². The van der Waals surface area contributed by atoms with Crippen LogP contribution in [0.1, 0.15) is 45.0 Å². The molecule has 1 N–H and O–H groups in total. The Hall–Kier alpha value is -2.87. The number of methoxy groups -OCH3 is 1. The molecule has 0 saturated heterocycles. The molecule has 1 aliphatic heterocycles. The van der Waals surface area contributed by atoms with E-state index in [-0.39, 0.29) is 11.8 Å². The molecule has 1 aromatic carbocycles. The largest absolute Gasteiger partial charge is 0.494 e. The van der Waals surface area contributed by atoms with Gasteiger partial charge in [-0.15, -0.1) is 11.3 Å². The minimum Gasteiger partial charge on any atom is -0.494 e. The third kappa shape index (κ3) is 4.01. The number of ether oxygens (including phenoxy) is 2. The molecule has 0 radical (unpaired) electrons. The maximum Gasteiger partial charge on any atom is 0.341 e. The lowest BCUT2D eigenvalue weighted by Gasteiger charge is -2.25. The van der Waals surface area contributed by atoms with Gasteiger partial charge in [0, 0.05) is 23.9 Å². The lowest BCUT2D eigenvalue weighted by atomic mass is 10.0. The molecule has 148 valence electrons. The Morgan fingerprint density at radius 2 is 1.93 bits per heavy atom. The normalized spacial score (nSPS) is 12.9. The molecule has 2 amide bonds. The Bertz CT molecular complexity index is 904. The van der Waals surface area contributed by atoms with Crippen molar-refractivity contribution in [2.45, 2.75) is 26.8 Å². The van der Waals surface area contributed by atoms with Gasteiger partial charge in [0.25, 0.3) is 5.91 Å². The molecule has 2 aromatic rings. The summed E-state index contributed by atoms with van der Waals surface area (Å²) in [7, 11) is 1.31. The predicted molar refractivity (Wildman–Crippen MR) is 106 cm³/mol. The van der Waals surface area contributed by atoms with Crippen LogP contribution in [0.3, 0.4) is 0 Å². The van der Waals surface area contributed by atoms with E-state index >= 15 is 0 Å². The number of anilines is 1. The van der Waals surface area contributed by atoms with Crippen molar-refractivity contribution in [3.63, 3.8) is 0 Å². The van der Waals surface area contributed by atoms with Gasteiger partial charge in [-0.2, -0.15) is 0 Å². The Kier molecular flexibility index (Phi) is 5.99. The van der Waals surface area contributed by atoms with Crippen LogP contribution in [0.25, 0.3) is 0 Å². The number of esters is 1. The number of benzene rings is 1. The zero-order valence-corrected chi connectivity index (χ0v) is 16.9. The number of nitrogens with zero attached hydrogens (tertiary/aromatic N) is 1. The highest BCUT2D eigenvalue weighted by Crippen LogP contribution is 2.38. The lowest BCUT2D eigenvalue weighted by molar-refractivity contribution is -0.129. The molecule has 7 nitrogen and oxygen atoms in total. The highest BCUT2D eigenvalue weighted by atomic mass is 32.1. The standard InChI is InChI=1S/C20H22N2O5S/c1-4-27-14-7-5-13(6-8-14)18(24)21-19-17(20(25)26-3)15-9-10-22(12(2)23)11-16(15)28-19/h5-8H,4,9-11H2,1-3H3,(H,21,24). The zero-order chi connectivity index (χ0) is 20.3. The molecule has 8 heteroatoms. The monoisotopic (exact) mass is 402 g/mol. The summed E-state index contributed by atoms with van der Waals surface area (Å²) in [5.41, 5.74) is 1.68. The highest BCUT2D eigenvalue weighted by Gasteiger charge is 2.30. The average Bonchev–Trinajstić information content (AvgIpc) is 3.05. The summed E-state index contributed by atoms with van der Waals surface area (Å²) in [5, 5.41) is 3.27. The van der Waals surface area contributed by atoms with Crippen molar-refractivity contribution in [1.29, 1.82) is 0 Å². The number of nitrogens with one attached hydrogen (secondary N) is 1. The van der Waals surface area contributed by atoms with E-state index in [1.165, 1.54) is 25.4 Å². The smallest absolute Gasteiger partial charge is 0.341 e. The van der Waals surface area contributed by atoms with E-state index < -0.39 is 5.97 Å². The summed E-state index contributed by atoms with van der Waals surface area (Å²) in [6, 6.07) is 6.79. The molecule has 0 unspecified atom stereocenters. The first kappa shape index (κ1) is 19.9. The van der Waals surface area contributed by atoms with E-state index in [4.69, 9.17) is 9.47 Å². The number of thiophene rings is 1. The lowest BCUT2D eigenvalue weighted by Crippen LogP contribution is -2.33. The molecule has 0 atom stereocenters. The molecule has 2 heterocycles. The summed E-state index contributed by atoms with van der Waals surface area (Å²) in [6.45, 7) is 4.93. The van der Waals surface area contributed by atoms with E-state index in [1.54, 1.807) is 29.2 Å². The fourth-order valence-corrected chi connectivity index (χ4v) is 4.37. The molecule has 0 bridgehead atoms. The summed E-state index contributed by atoms with van der Waals surface area (Å²) in [5.74, 6) is -0.144. The van der Waals surface area contributed by atoms with E-state index in [0.717, 1.165) is 10.4 Å². The van der Waals surface area contributed by atoms with Crippen molar-refractivity contribution in [1.82, 2.24) is 4.90 Å². The van der Waals surface area contributed by atoms with Gasteiger partial charge in [-0.1, -0.05) is 0 Å². The van der Waals surface area contributed by atoms with Crippen LogP contribution < -0.4 is 10.1 Å². The van der Waals surface area contributed by atoms with Gasteiger partial charge >= 0.3 is 5.97 Å². The fraction of sp³-hybridized carbons (Fsp3) is 0.350. The Morgan fingerprint density at radius 3 is 2.54 bits per heavy atom. The molecular weight excluding hydrogens is 380 g/mol. The number of rotatable bonds is 5. The van der Waals surface area contributed by atoms with Crippen LogP contribution in [0, 0.1) is 0 Å². The van der Waals surface area contributed by atoms with Gasteiger partial charge in [0.05, 0.1) is 25.8 Å². The Labute approximate surface area is 167 Å². The van der Waals surface area contributed by atoms with Gasteiger partial charge in [0.1, 0.15) is 10.8 Å². The molecule has 1 aromatic heterocycles. The summed E-state index contributed by atoms with van der Waals surface area (Å²) in [6.07, 6.45) is 0.550. The molecular formula is C20H22N2O5S. The van der Waals surface area contributed by atoms with Gasteiger partial charge in [0.2, 0.25) is 5.91 Å². The van der Waals surface area contributed by atoms with Crippen LogP contribution in [-0.4, -0.2) is 42.9 Å². The minimum absolute atomic E-state index is 0.0151. The van der Waals surface area contributed by atoms with Gasteiger partial charge in [-0.05, 0) is 43.2 Å². The second kappa shape index (κ2) is 8.43. The third-order valence-electron chi connectivity index (χ3n) is 4.55. The van der Waals surface area contributed by atoms with Crippen LogP contribution in [0.2, 0.25) is 0 Å². The van der Waals surface area contributed by atoms with Crippen molar-refractivity contribution in [2.75, 3.05) is 25.6 Å². The highest BCUT2D eigenvalue weighted by molar-refractivity contribution is 7.17. The second-order valence-electron chi connectivity index (χ2n) is 6.30. The first-order chi connectivity index (χ1) is 13.4. The number of hydrogen-bond acceptors (Lipinski definition) is 6. The predicted octanol–water partition coefficient (Wildman–Crippen LogP) is 3.09. The molecule has 0 fully saturated rings. The van der Waals surface area contributed by atoms with E-state index in [0.29, 0.717) is 48.0 Å². The SMILES string of the molecule is CCOc1ccc(C(=O)Nc2sc3c(c2C(=O)OC)CCN(C(C)=O)C3)cc1. The van der Waals surface area contributed by atoms with Gasteiger partial charge in [0.15, 0.2) is 0 Å². The fourth-order valence-electron chi connectivity index (χ4n) is 3.12. The maximum atomic E-state index is 12.7. The van der Waals surface area contributed by atoms with Crippen LogP contribution >= 0.6 is 11.3 Å². The van der Waals surface area contributed by atoms with E-state index in [9.17, 15) is 14.4 Å². The maximum absolute atomic E-state index is 12.7. The number of hydrogen-bond donors (Lipinski definition) is 1. The van der Waals surface area contributed by atoms with Gasteiger partial charge < -0.3 is 19.7 Å². The molecule has 0 aliphatic carbocycles. The third-order valence-corrected chi connectivity index (χ3v) is 5.68. The number of carbonyl (C=O) groups is 3. The minimum atomic E-state index is -0.490. The number of amides is 2. The van der Waals surface area contributed by atoms with Crippen molar-refractivity contribution >= 4 is 34.1 Å². The van der Waals surface area contributed by atoms with E-state index in [1.807, 2.05) is 6.92 Å². The molecule has 1 aliphatic rings. The van der Waals surface area contributed by atoms with E-state index in [2.05, 4.69) is 5.32 Å². The van der Waals surface area contributed by atoms with Crippen molar-refractivity contribution in [3.05, 3.63) is 45.8 Å². The molecule has 0 spiro atoms. The van der Waals surface area contributed by atoms with Crippen LogP contribution in [-0.2, 0) is 22.5 Å². The molecule has 3 rings (SSSR count). The first-order valence-electron chi connectivity index (χ1n) is 8.97. The molecule has 28 heavy (non-hydrogen) atoms. The summed E-state index contributed by atoms with van der Waals surface area (Å²) in [4.78, 5) is 39.3. The van der Waals surface area contributed by atoms with Gasteiger partial charge in [-0.3, -0.25) is 9.59 Å². The Balaban J connectivity index is 1.87. The summed E-state index contributed by atoms with van der Waals surface area (Å²) >= 11 is 1.31. The van der Waals surface area contributed by atoms with Gasteiger partial charge in [-0.25, -0.2) is 4.79 Å². The first-order valence-corrected chi connectivity index (χ1v) is 9.78. The van der Waals surface area contributed by atoms with Crippen LogP contribution in [0.4, 0.5) is 5.00 Å². The molecule has 0 saturated carbocycles. The van der Waals surface area contributed by atoms with Crippen molar-refractivity contribution in [2.24, 2.45) is 0 Å². The second-order valence-corrected chi connectivity index (χ2v) is 7.41. The van der Waals surface area contributed by atoms with Crippen molar-refractivity contribution < 1.29 is 23.9 Å². The van der Waals surface area contributed by atoms with Crippen LogP contribution in [0.15, 0.2) is 24.3 Å². The Morgan fingerprint density at radius 1 is 1.21 bits per heavy atom. The summed E-state index contributed by atoms with van der Waals surface area (Å²) < 4.78 is 10.3. The van der Waals surface area contributed by atoms with Crippen molar-refractivity contribution in [3.8, 4) is 5.75 Å². The number of fused-ring (bicyclic) bond motifs is 1. The number of carbonyl (C=O) groups excluding carboxylic acids is 3. The van der Waals surface area contributed by atoms with Crippen LogP contribution in [0.5, 0.6) is 5.75 Å². The average molecular weight is 402 g/mol. The quantitative estimate of drug-likeness (QED) is 0.777.